The number of aromatic nitrogens is 4. The molecular weight excluding hydrogens is 418 g/mol. The maximum atomic E-state index is 12.4. The largest absolute Gasteiger partial charge is 0.484 e. The standard InChI is InChI=1S/C25H27N5O3/c1-16(33-18-4-5-21-20(9-18)19-6-8-32-12-17(19)10-26-21)22-11-30(28-27-22)25-13-24(14-25)7-2-3-23(31)29(24)15-25/h4-5,9-11,16H,2-3,6-8,12-15H2,1H3/t16-,24?,25?/m1/s1. The minimum atomic E-state index is -0.233. The summed E-state index contributed by atoms with van der Waals surface area (Å²) in [4.78, 5) is 19.1. The molecule has 8 nitrogen and oxygen atoms in total. The number of hydrogen-bond acceptors (Lipinski definition) is 6. The molecule has 1 atom stereocenters. The van der Waals surface area contributed by atoms with Gasteiger partial charge in [0, 0.05) is 30.1 Å². The molecule has 1 aliphatic carbocycles. The highest BCUT2D eigenvalue weighted by molar-refractivity contribution is 5.84. The van der Waals surface area contributed by atoms with Gasteiger partial charge in [0.05, 0.1) is 30.5 Å². The van der Waals surface area contributed by atoms with Crippen LogP contribution in [-0.2, 0) is 28.1 Å². The minimum Gasteiger partial charge on any atom is -0.484 e. The van der Waals surface area contributed by atoms with Crippen molar-refractivity contribution in [3.63, 3.8) is 0 Å². The highest BCUT2D eigenvalue weighted by Gasteiger charge is 2.68. The van der Waals surface area contributed by atoms with E-state index in [1.54, 1.807) is 0 Å². The molecule has 2 bridgehead atoms. The maximum absolute atomic E-state index is 12.4. The number of hydrogen-bond donors (Lipinski definition) is 0. The van der Waals surface area contributed by atoms with Gasteiger partial charge in [-0.1, -0.05) is 5.21 Å². The molecule has 2 aromatic heterocycles. The lowest BCUT2D eigenvalue weighted by atomic mass is 9.64. The lowest BCUT2D eigenvalue weighted by molar-refractivity contribution is -0.139. The van der Waals surface area contributed by atoms with Crippen LogP contribution in [0, 0.1) is 0 Å². The Morgan fingerprint density at radius 1 is 1.21 bits per heavy atom. The second-order valence-corrected chi connectivity index (χ2v) is 10.2. The number of benzene rings is 1. The molecule has 0 unspecified atom stereocenters. The summed E-state index contributed by atoms with van der Waals surface area (Å²) < 4.78 is 13.9. The van der Waals surface area contributed by atoms with Crippen molar-refractivity contribution in [3.8, 4) is 5.75 Å². The van der Waals surface area contributed by atoms with Crippen LogP contribution in [0.25, 0.3) is 10.9 Å². The molecule has 5 aliphatic rings. The van der Waals surface area contributed by atoms with Crippen molar-refractivity contribution in [1.29, 1.82) is 0 Å². The van der Waals surface area contributed by atoms with Crippen LogP contribution in [-0.4, -0.2) is 49.5 Å². The van der Waals surface area contributed by atoms with Gasteiger partial charge in [0.2, 0.25) is 5.91 Å². The van der Waals surface area contributed by atoms with Gasteiger partial charge in [-0.15, -0.1) is 5.10 Å². The molecule has 3 saturated heterocycles. The summed E-state index contributed by atoms with van der Waals surface area (Å²) in [6.07, 6.45) is 9.40. The highest BCUT2D eigenvalue weighted by Crippen LogP contribution is 2.61. The Kier molecular flexibility index (Phi) is 3.99. The summed E-state index contributed by atoms with van der Waals surface area (Å²) in [6.45, 7) is 4.13. The van der Waals surface area contributed by atoms with Crippen molar-refractivity contribution >= 4 is 16.8 Å². The summed E-state index contributed by atoms with van der Waals surface area (Å²) in [6, 6.07) is 6.07. The number of amides is 1. The van der Waals surface area contributed by atoms with Gasteiger partial charge in [0.1, 0.15) is 17.5 Å². The van der Waals surface area contributed by atoms with E-state index in [0.717, 1.165) is 73.2 Å². The lowest BCUT2D eigenvalue weighted by Crippen LogP contribution is -2.55. The van der Waals surface area contributed by atoms with E-state index < -0.39 is 0 Å². The molecule has 4 aliphatic heterocycles. The molecule has 1 saturated carbocycles. The number of piperidine rings is 1. The van der Waals surface area contributed by atoms with Crippen LogP contribution in [0.4, 0.5) is 0 Å². The van der Waals surface area contributed by atoms with Gasteiger partial charge < -0.3 is 14.4 Å². The topological polar surface area (TPSA) is 82.4 Å². The first kappa shape index (κ1) is 19.5. The Balaban J connectivity index is 1.12. The minimum absolute atomic E-state index is 0.0763. The fourth-order valence-electron chi connectivity index (χ4n) is 6.62. The monoisotopic (exact) mass is 445 g/mol. The average Bonchev–Trinajstić information content (AvgIpc) is 3.51. The molecule has 1 aromatic carbocycles. The summed E-state index contributed by atoms with van der Waals surface area (Å²) in [7, 11) is 0. The third kappa shape index (κ3) is 2.79. The molecule has 3 aromatic rings. The van der Waals surface area contributed by atoms with Crippen molar-refractivity contribution in [2.24, 2.45) is 0 Å². The van der Waals surface area contributed by atoms with E-state index in [0.29, 0.717) is 18.9 Å². The van der Waals surface area contributed by atoms with Crippen LogP contribution in [0.5, 0.6) is 5.75 Å². The van der Waals surface area contributed by atoms with Gasteiger partial charge in [0.25, 0.3) is 0 Å². The van der Waals surface area contributed by atoms with Crippen molar-refractivity contribution in [2.45, 2.75) is 69.2 Å². The lowest BCUT2D eigenvalue weighted by Gasteiger charge is -2.49. The van der Waals surface area contributed by atoms with Crippen LogP contribution in [0.2, 0.25) is 0 Å². The van der Waals surface area contributed by atoms with E-state index in [-0.39, 0.29) is 17.2 Å². The molecule has 4 fully saturated rings. The average molecular weight is 446 g/mol. The first-order valence-corrected chi connectivity index (χ1v) is 11.9. The smallest absolute Gasteiger partial charge is 0.223 e. The summed E-state index contributed by atoms with van der Waals surface area (Å²) in [5.74, 6) is 1.10. The predicted molar refractivity (Wildman–Crippen MR) is 120 cm³/mol. The maximum Gasteiger partial charge on any atom is 0.223 e. The van der Waals surface area contributed by atoms with E-state index in [1.807, 2.05) is 36.1 Å². The molecule has 8 heteroatoms. The molecule has 1 amide bonds. The van der Waals surface area contributed by atoms with Gasteiger partial charge in [-0.3, -0.25) is 9.78 Å². The van der Waals surface area contributed by atoms with Crippen molar-refractivity contribution < 1.29 is 14.3 Å². The Morgan fingerprint density at radius 2 is 2.12 bits per heavy atom. The van der Waals surface area contributed by atoms with Gasteiger partial charge in [0.15, 0.2) is 0 Å². The zero-order valence-corrected chi connectivity index (χ0v) is 18.8. The normalized spacial score (nSPS) is 28.9. The first-order chi connectivity index (χ1) is 16.1. The van der Waals surface area contributed by atoms with Crippen LogP contribution >= 0.6 is 0 Å². The van der Waals surface area contributed by atoms with Gasteiger partial charge >= 0.3 is 0 Å². The highest BCUT2D eigenvalue weighted by atomic mass is 16.5. The predicted octanol–water partition coefficient (Wildman–Crippen LogP) is 3.29. The Hall–Kier alpha value is -3.00. The number of fused-ring (bicyclic) bond motifs is 3. The zero-order valence-electron chi connectivity index (χ0n) is 18.8. The molecule has 0 N–H and O–H groups in total. The second kappa shape index (κ2) is 6.76. The van der Waals surface area contributed by atoms with E-state index >= 15 is 0 Å². The van der Waals surface area contributed by atoms with Gasteiger partial charge in [-0.2, -0.15) is 0 Å². The number of nitrogens with zero attached hydrogens (tertiary/aromatic N) is 5. The zero-order chi connectivity index (χ0) is 22.2. The molecular formula is C25H27N5O3. The first-order valence-electron chi connectivity index (χ1n) is 11.9. The Labute approximate surface area is 191 Å². The molecule has 8 rings (SSSR count). The van der Waals surface area contributed by atoms with E-state index in [2.05, 4.69) is 26.3 Å². The quantitative estimate of drug-likeness (QED) is 0.613. The summed E-state index contributed by atoms with van der Waals surface area (Å²) in [5, 5.41) is 10.1. The molecule has 0 radical (unpaired) electrons. The van der Waals surface area contributed by atoms with Gasteiger partial charge in [-0.25, -0.2) is 4.68 Å². The SMILES string of the molecule is C[C@@H](Oc1ccc2ncc3c(c2c1)CCOC3)c1cn(C23CN4C(=O)CCCC4(C2)C3)nn1. The molecule has 6 heterocycles. The molecule has 1 spiro atoms. The number of pyridine rings is 1. The Morgan fingerprint density at radius 3 is 3.00 bits per heavy atom. The van der Waals surface area contributed by atoms with Crippen molar-refractivity contribution in [1.82, 2.24) is 24.9 Å². The second-order valence-electron chi connectivity index (χ2n) is 10.2. The van der Waals surface area contributed by atoms with Crippen LogP contribution in [0.1, 0.15) is 62.0 Å². The van der Waals surface area contributed by atoms with E-state index in [4.69, 9.17) is 9.47 Å². The van der Waals surface area contributed by atoms with Crippen LogP contribution < -0.4 is 4.74 Å². The van der Waals surface area contributed by atoms with E-state index in [9.17, 15) is 4.79 Å². The van der Waals surface area contributed by atoms with E-state index in [1.165, 1.54) is 5.56 Å². The Bertz CT molecular complexity index is 1280. The number of carbonyl (C=O) groups excluding carboxylic acids is 1. The third-order valence-electron chi connectivity index (χ3n) is 8.20. The number of carbonyl (C=O) groups is 1. The summed E-state index contributed by atoms with van der Waals surface area (Å²) in [5.41, 5.74) is 4.23. The summed E-state index contributed by atoms with van der Waals surface area (Å²) >= 11 is 0. The molecule has 33 heavy (non-hydrogen) atoms. The fourth-order valence-corrected chi connectivity index (χ4v) is 6.62. The third-order valence-corrected chi connectivity index (χ3v) is 8.20. The number of ether oxygens (including phenoxy) is 2. The van der Waals surface area contributed by atoms with Crippen LogP contribution in [0.3, 0.4) is 0 Å². The fraction of sp³-hybridized carbons (Fsp3) is 0.520. The van der Waals surface area contributed by atoms with Crippen molar-refractivity contribution in [3.05, 3.63) is 47.4 Å². The van der Waals surface area contributed by atoms with Gasteiger partial charge in [-0.05, 0) is 68.4 Å². The molecule has 170 valence electrons. The number of rotatable bonds is 4. The van der Waals surface area contributed by atoms with Crippen molar-refractivity contribution in [2.75, 3.05) is 13.2 Å². The van der Waals surface area contributed by atoms with Crippen LogP contribution in [0.15, 0.2) is 30.6 Å².